The number of phenols is 2. The number of oxime groups is 1. The molecule has 4 heterocycles. The van der Waals surface area contributed by atoms with Crippen molar-refractivity contribution in [3.8, 4) is 11.5 Å². The van der Waals surface area contributed by atoms with E-state index in [1.165, 1.54) is 36.4 Å². The van der Waals surface area contributed by atoms with Crippen molar-refractivity contribution in [1.82, 2.24) is 15.2 Å². The Morgan fingerprint density at radius 1 is 1.32 bits per heavy atom. The van der Waals surface area contributed by atoms with Crippen molar-refractivity contribution in [3.63, 3.8) is 0 Å². The maximum atomic E-state index is 13.1. The molecule has 3 aliphatic rings. The fraction of sp³-hybridized carbons (Fsp3) is 0.348. The zero-order valence-electron chi connectivity index (χ0n) is 20.3. The summed E-state index contributed by atoms with van der Waals surface area (Å²) in [5.41, 5.74) is 7.74. The number of anilines is 1. The highest BCUT2D eigenvalue weighted by molar-refractivity contribution is 8.00. The van der Waals surface area contributed by atoms with Crippen molar-refractivity contribution in [2.75, 3.05) is 32.2 Å². The van der Waals surface area contributed by atoms with Crippen molar-refractivity contribution in [2.45, 2.75) is 24.5 Å². The number of aromatic nitrogens is 1. The van der Waals surface area contributed by atoms with Crippen LogP contribution >= 0.6 is 23.1 Å². The number of carboxylic acid groups (broad SMARTS) is 1. The number of fused-ring (bicyclic) bond motifs is 2. The summed E-state index contributed by atoms with van der Waals surface area (Å²) >= 11 is 2.45. The Morgan fingerprint density at radius 2 is 1.97 bits per heavy atom. The standard InChI is InChI=1S/C23H24N6O7S2/c1-29(5-10-3-14(30)15(31)4-11(10)6-29)7-12-8-37-21-17(20(33)28(21)18(12)22(34)35)26-19(32)16(27-36-2)13-9-38-23(24)25-13/h3-4,9,17,21H,5-8H2,1-2H3,(H5-,24,25,26,27,30,31,32,34,35)/t17?,21-/m1/s1. The molecule has 0 bridgehead atoms. The number of thioether (sulfide) groups is 1. The summed E-state index contributed by atoms with van der Waals surface area (Å²) in [7, 11) is 3.20. The van der Waals surface area contributed by atoms with Crippen LogP contribution in [0.3, 0.4) is 0 Å². The summed E-state index contributed by atoms with van der Waals surface area (Å²) in [5, 5.41) is 39.4. The molecule has 0 saturated carbocycles. The molecule has 0 aliphatic carbocycles. The van der Waals surface area contributed by atoms with Crippen LogP contribution in [-0.2, 0) is 32.3 Å². The number of benzene rings is 1. The minimum Gasteiger partial charge on any atom is -0.543 e. The minimum atomic E-state index is -1.47. The number of phenolic OH excluding ortho intramolecular Hbond substituents is 2. The Balaban J connectivity index is 1.34. The number of nitrogens with one attached hydrogen (secondary N) is 1. The maximum absolute atomic E-state index is 13.1. The van der Waals surface area contributed by atoms with Crippen LogP contribution in [0.4, 0.5) is 5.13 Å². The Bertz CT molecular complexity index is 1390. The van der Waals surface area contributed by atoms with Crippen LogP contribution in [0.25, 0.3) is 0 Å². The molecule has 2 amide bonds. The molecule has 38 heavy (non-hydrogen) atoms. The highest BCUT2D eigenvalue weighted by atomic mass is 32.2. The van der Waals surface area contributed by atoms with Gasteiger partial charge in [-0.15, -0.1) is 23.1 Å². The van der Waals surface area contributed by atoms with Gasteiger partial charge < -0.3 is 40.5 Å². The van der Waals surface area contributed by atoms with Crippen LogP contribution in [0.1, 0.15) is 16.8 Å². The molecule has 13 nitrogen and oxygen atoms in total. The van der Waals surface area contributed by atoms with Gasteiger partial charge in [0.25, 0.3) is 11.8 Å². The van der Waals surface area contributed by atoms with Gasteiger partial charge in [0.2, 0.25) is 0 Å². The molecule has 2 atom stereocenters. The molecule has 5 rings (SSSR count). The number of hydrogen-bond acceptors (Lipinski definition) is 12. The second kappa shape index (κ2) is 9.49. The first kappa shape index (κ1) is 25.8. The van der Waals surface area contributed by atoms with E-state index >= 15 is 0 Å². The lowest BCUT2D eigenvalue weighted by atomic mass is 10.0. The molecule has 2 aromatic rings. The molecule has 3 aliphatic heterocycles. The Hall–Kier alpha value is -3.82. The van der Waals surface area contributed by atoms with E-state index in [9.17, 15) is 29.7 Å². The van der Waals surface area contributed by atoms with Gasteiger partial charge in [-0.2, -0.15) is 0 Å². The third-order valence-corrected chi connectivity index (χ3v) is 8.68. The normalized spacial score (nSPS) is 22.0. The van der Waals surface area contributed by atoms with Gasteiger partial charge >= 0.3 is 0 Å². The number of β-lactam (4-membered cyclic amide) rings is 1. The molecule has 1 aromatic heterocycles. The molecule has 0 spiro atoms. The predicted molar refractivity (Wildman–Crippen MR) is 135 cm³/mol. The Morgan fingerprint density at radius 3 is 2.53 bits per heavy atom. The lowest BCUT2D eigenvalue weighted by Crippen LogP contribution is -2.71. The lowest BCUT2D eigenvalue weighted by molar-refractivity contribution is -0.924. The first-order chi connectivity index (χ1) is 18.0. The summed E-state index contributed by atoms with van der Waals surface area (Å²) in [5.74, 6) is -2.87. The molecule has 1 fully saturated rings. The summed E-state index contributed by atoms with van der Waals surface area (Å²) in [6.45, 7) is 1.34. The molecule has 1 aromatic carbocycles. The highest BCUT2D eigenvalue weighted by Crippen LogP contribution is 2.42. The van der Waals surface area contributed by atoms with Gasteiger partial charge in [-0.1, -0.05) is 5.16 Å². The topological polar surface area (TPSA) is 190 Å². The van der Waals surface area contributed by atoms with E-state index in [0.29, 0.717) is 35.4 Å². The van der Waals surface area contributed by atoms with Crippen LogP contribution in [0, 0.1) is 0 Å². The third-order valence-electron chi connectivity index (χ3n) is 6.66. The van der Waals surface area contributed by atoms with Crippen LogP contribution in [-0.4, -0.2) is 85.9 Å². The second-order valence-electron chi connectivity index (χ2n) is 9.50. The van der Waals surface area contributed by atoms with Gasteiger partial charge in [0.1, 0.15) is 43.9 Å². The predicted octanol–water partition coefficient (Wildman–Crippen LogP) is -0.949. The van der Waals surface area contributed by atoms with E-state index in [0.717, 1.165) is 27.4 Å². The third kappa shape index (κ3) is 4.41. The number of likely N-dealkylation sites (N-methyl/N-ethyl adjacent to an activating group) is 1. The molecule has 1 saturated heterocycles. The van der Waals surface area contributed by atoms with Gasteiger partial charge in [-0.3, -0.25) is 14.5 Å². The van der Waals surface area contributed by atoms with Gasteiger partial charge in [-0.05, 0) is 12.1 Å². The molecule has 15 heteroatoms. The number of nitrogens with zero attached hydrogens (tertiary/aromatic N) is 4. The minimum absolute atomic E-state index is 0.160. The maximum Gasteiger partial charge on any atom is 0.276 e. The van der Waals surface area contributed by atoms with E-state index in [1.54, 1.807) is 0 Å². The van der Waals surface area contributed by atoms with Crippen LogP contribution in [0.15, 0.2) is 33.9 Å². The number of thiazole rings is 1. The summed E-state index contributed by atoms with van der Waals surface area (Å²) in [6.07, 6.45) is 0. The summed E-state index contributed by atoms with van der Waals surface area (Å²) < 4.78 is 0.394. The number of carbonyl (C=O) groups is 3. The number of aromatic hydroxyl groups is 2. The highest BCUT2D eigenvalue weighted by Gasteiger charge is 2.54. The smallest absolute Gasteiger partial charge is 0.276 e. The number of aliphatic carboxylic acids is 1. The first-order valence-electron chi connectivity index (χ1n) is 11.4. The van der Waals surface area contributed by atoms with Gasteiger partial charge in [0.15, 0.2) is 22.3 Å². The van der Waals surface area contributed by atoms with E-state index < -0.39 is 29.2 Å². The van der Waals surface area contributed by atoms with Crippen molar-refractivity contribution >= 4 is 51.7 Å². The number of rotatable bonds is 7. The monoisotopic (exact) mass is 560 g/mol. The molecule has 5 N–H and O–H groups in total. The number of hydrogen-bond donors (Lipinski definition) is 4. The quantitative estimate of drug-likeness (QED) is 0.108. The average Bonchev–Trinajstić information content (AvgIpc) is 3.42. The number of carboxylic acids is 1. The number of carbonyl (C=O) groups excluding carboxylic acids is 3. The number of nitrogen functional groups attached to an aromatic ring is 1. The van der Waals surface area contributed by atoms with Crippen LogP contribution < -0.4 is 16.2 Å². The van der Waals surface area contributed by atoms with Crippen molar-refractivity contribution in [1.29, 1.82) is 0 Å². The van der Waals surface area contributed by atoms with Gasteiger partial charge in [-0.25, -0.2) is 4.98 Å². The Labute approximate surface area is 224 Å². The molecule has 0 radical (unpaired) electrons. The average molecular weight is 561 g/mol. The molecular weight excluding hydrogens is 536 g/mol. The molecule has 200 valence electrons. The van der Waals surface area contributed by atoms with Crippen molar-refractivity contribution in [2.24, 2.45) is 5.16 Å². The summed E-state index contributed by atoms with van der Waals surface area (Å²) in [6, 6.07) is 2.05. The van der Waals surface area contributed by atoms with Crippen molar-refractivity contribution in [3.05, 3.63) is 45.6 Å². The first-order valence-corrected chi connectivity index (χ1v) is 13.3. The second-order valence-corrected chi connectivity index (χ2v) is 11.5. The van der Waals surface area contributed by atoms with Crippen LogP contribution in [0.2, 0.25) is 0 Å². The fourth-order valence-electron chi connectivity index (χ4n) is 5.10. The van der Waals surface area contributed by atoms with E-state index in [4.69, 9.17) is 10.6 Å². The largest absolute Gasteiger partial charge is 0.543 e. The van der Waals surface area contributed by atoms with Gasteiger partial charge in [0, 0.05) is 27.8 Å². The van der Waals surface area contributed by atoms with E-state index in [-0.39, 0.29) is 33.7 Å². The lowest BCUT2D eigenvalue weighted by Gasteiger charge is -2.51. The molecule has 1 unspecified atom stereocenters. The number of nitrogens with two attached hydrogens (primary N) is 1. The SMILES string of the molecule is CO/N=C(\C(=O)NC1C(=O)N2C(C(=O)[O-])=C(C[N+]3(C)Cc4cc(O)c(O)cc4C3)CS[C@H]12)c1csc(N)n1. The zero-order valence-corrected chi connectivity index (χ0v) is 22.0. The van der Waals surface area contributed by atoms with Crippen molar-refractivity contribution < 1.29 is 39.0 Å². The number of amides is 2. The van der Waals surface area contributed by atoms with E-state index in [2.05, 4.69) is 15.5 Å². The Kier molecular flexibility index (Phi) is 6.44. The summed E-state index contributed by atoms with van der Waals surface area (Å²) in [4.78, 5) is 48.2. The van der Waals surface area contributed by atoms with Gasteiger partial charge in [0.05, 0.1) is 18.7 Å². The fourth-order valence-corrected chi connectivity index (χ4v) is 6.99. The number of quaternary nitrogens is 1. The zero-order chi connectivity index (χ0) is 27.4. The van der Waals surface area contributed by atoms with Crippen LogP contribution in [0.5, 0.6) is 11.5 Å². The van der Waals surface area contributed by atoms with E-state index in [1.807, 2.05) is 7.05 Å². The molecular formula is C23H24N6O7S2.